The summed E-state index contributed by atoms with van der Waals surface area (Å²) in [6.45, 7) is 6.58. The number of aromatic nitrogens is 1. The highest BCUT2D eigenvalue weighted by Crippen LogP contribution is 2.19. The molecule has 1 amide bonds. The first-order chi connectivity index (χ1) is 9.87. The number of nitrogens with zero attached hydrogens (tertiary/aromatic N) is 3. The molecule has 0 bridgehead atoms. The van der Waals surface area contributed by atoms with E-state index in [-0.39, 0.29) is 12.2 Å². The third kappa shape index (κ3) is 4.35. The van der Waals surface area contributed by atoms with Crippen molar-refractivity contribution >= 4 is 6.09 Å². The molecule has 0 N–H and O–H groups in total. The zero-order valence-electron chi connectivity index (χ0n) is 12.5. The Morgan fingerprint density at radius 1 is 1.52 bits per heavy atom. The first kappa shape index (κ1) is 15.1. The molecule has 1 aromatic heterocycles. The van der Waals surface area contributed by atoms with Crippen molar-refractivity contribution in [1.82, 2.24) is 9.88 Å². The maximum Gasteiger partial charge on any atom is 0.410 e. The molecular formula is C15H19N3O3. The third-order valence-electron chi connectivity index (χ3n) is 2.95. The van der Waals surface area contributed by atoms with Crippen molar-refractivity contribution in [3.8, 4) is 11.9 Å². The van der Waals surface area contributed by atoms with Gasteiger partial charge < -0.3 is 14.4 Å². The van der Waals surface area contributed by atoms with E-state index < -0.39 is 5.60 Å². The number of carbonyl (C=O) groups excluding carboxylic acids is 1. The van der Waals surface area contributed by atoms with Crippen LogP contribution < -0.4 is 4.74 Å². The molecule has 1 aliphatic rings. The summed E-state index contributed by atoms with van der Waals surface area (Å²) in [5.41, 5.74) is 0.000567. The monoisotopic (exact) mass is 289 g/mol. The van der Waals surface area contributed by atoms with Gasteiger partial charge in [0.05, 0.1) is 18.2 Å². The van der Waals surface area contributed by atoms with Crippen molar-refractivity contribution in [1.29, 1.82) is 5.26 Å². The van der Waals surface area contributed by atoms with Crippen LogP contribution in [0, 0.1) is 11.3 Å². The molecule has 0 saturated carbocycles. The summed E-state index contributed by atoms with van der Waals surface area (Å²) >= 11 is 0. The van der Waals surface area contributed by atoms with Crippen LogP contribution in [0.2, 0.25) is 0 Å². The first-order valence-corrected chi connectivity index (χ1v) is 6.88. The Labute approximate surface area is 124 Å². The lowest BCUT2D eigenvalue weighted by molar-refractivity contribution is 0.0275. The van der Waals surface area contributed by atoms with E-state index in [0.29, 0.717) is 24.5 Å². The molecule has 1 aliphatic heterocycles. The summed E-state index contributed by atoms with van der Waals surface area (Å²) in [6.07, 6.45) is 1.80. The fourth-order valence-electron chi connectivity index (χ4n) is 2.03. The minimum atomic E-state index is -0.501. The van der Waals surface area contributed by atoms with E-state index in [0.717, 1.165) is 6.42 Å². The van der Waals surface area contributed by atoms with Crippen LogP contribution >= 0.6 is 0 Å². The molecule has 0 aromatic carbocycles. The quantitative estimate of drug-likeness (QED) is 0.835. The largest absolute Gasteiger partial charge is 0.472 e. The molecule has 2 heterocycles. The topological polar surface area (TPSA) is 75.4 Å². The van der Waals surface area contributed by atoms with E-state index in [2.05, 4.69) is 4.98 Å². The van der Waals surface area contributed by atoms with Crippen LogP contribution in [0.5, 0.6) is 5.88 Å². The normalized spacial score (nSPS) is 18.2. The molecule has 1 aromatic rings. The molecule has 6 heteroatoms. The van der Waals surface area contributed by atoms with Crippen molar-refractivity contribution in [3.05, 3.63) is 23.9 Å². The molecule has 21 heavy (non-hydrogen) atoms. The number of carbonyl (C=O) groups is 1. The number of pyridine rings is 1. The van der Waals surface area contributed by atoms with Gasteiger partial charge in [-0.2, -0.15) is 5.26 Å². The highest BCUT2D eigenvalue weighted by Gasteiger charge is 2.31. The summed E-state index contributed by atoms with van der Waals surface area (Å²) in [5.74, 6) is 0.407. The third-order valence-corrected chi connectivity index (χ3v) is 2.95. The maximum atomic E-state index is 11.9. The fraction of sp³-hybridized carbons (Fsp3) is 0.533. The average molecular weight is 289 g/mol. The van der Waals surface area contributed by atoms with E-state index in [1.54, 1.807) is 17.0 Å². The van der Waals surface area contributed by atoms with Crippen molar-refractivity contribution < 1.29 is 14.3 Å². The molecule has 0 spiro atoms. The highest BCUT2D eigenvalue weighted by atomic mass is 16.6. The number of hydrogen-bond acceptors (Lipinski definition) is 5. The van der Waals surface area contributed by atoms with Gasteiger partial charge in [-0.25, -0.2) is 9.78 Å². The second-order valence-electron chi connectivity index (χ2n) is 5.95. The molecule has 112 valence electrons. The molecule has 1 saturated heterocycles. The SMILES string of the molecule is CC(C)(C)OC(=O)N1CC[C@@H](Oc2cc(C#N)ccn2)C1. The van der Waals surface area contributed by atoms with Crippen LogP contribution in [0.1, 0.15) is 32.8 Å². The van der Waals surface area contributed by atoms with Crippen molar-refractivity contribution in [2.45, 2.75) is 38.9 Å². The molecule has 0 unspecified atom stereocenters. The van der Waals surface area contributed by atoms with Gasteiger partial charge in [0.25, 0.3) is 0 Å². The fourth-order valence-corrected chi connectivity index (χ4v) is 2.03. The Hall–Kier alpha value is -2.29. The highest BCUT2D eigenvalue weighted by molar-refractivity contribution is 5.68. The summed E-state index contributed by atoms with van der Waals surface area (Å²) < 4.78 is 11.0. The number of rotatable bonds is 2. The second kappa shape index (κ2) is 6.00. The molecule has 1 atom stereocenters. The van der Waals surface area contributed by atoms with Gasteiger partial charge in [-0.15, -0.1) is 0 Å². The predicted octanol–water partition coefficient (Wildman–Crippen LogP) is 2.34. The van der Waals surface area contributed by atoms with Crippen molar-refractivity contribution in [2.24, 2.45) is 0 Å². The Balaban J connectivity index is 1.91. The molecule has 0 radical (unpaired) electrons. The van der Waals surface area contributed by atoms with Gasteiger partial charge >= 0.3 is 6.09 Å². The van der Waals surface area contributed by atoms with Gasteiger partial charge in [0.2, 0.25) is 5.88 Å². The standard InChI is InChI=1S/C15H19N3O3/c1-15(2,3)21-14(19)18-7-5-12(10-18)20-13-8-11(9-16)4-6-17-13/h4,6,8,12H,5,7,10H2,1-3H3/t12-/m1/s1. The van der Waals surface area contributed by atoms with Gasteiger partial charge in [-0.05, 0) is 26.8 Å². The molecule has 2 rings (SSSR count). The number of amides is 1. The molecule has 0 aliphatic carbocycles. The number of ether oxygens (including phenoxy) is 2. The van der Waals surface area contributed by atoms with Gasteiger partial charge in [-0.1, -0.05) is 0 Å². The summed E-state index contributed by atoms with van der Waals surface area (Å²) in [5, 5.41) is 8.84. The maximum absolute atomic E-state index is 11.9. The van der Waals surface area contributed by atoms with E-state index in [4.69, 9.17) is 14.7 Å². The number of likely N-dealkylation sites (tertiary alicyclic amines) is 1. The van der Waals surface area contributed by atoms with E-state index >= 15 is 0 Å². The Morgan fingerprint density at radius 2 is 2.29 bits per heavy atom. The minimum Gasteiger partial charge on any atom is -0.472 e. The number of hydrogen-bond donors (Lipinski definition) is 0. The summed E-state index contributed by atoms with van der Waals surface area (Å²) in [4.78, 5) is 17.6. The van der Waals surface area contributed by atoms with Gasteiger partial charge in [0.1, 0.15) is 11.7 Å². The second-order valence-corrected chi connectivity index (χ2v) is 5.95. The molecular weight excluding hydrogens is 270 g/mol. The minimum absolute atomic E-state index is 0.126. The van der Waals surface area contributed by atoms with Crippen molar-refractivity contribution in [3.63, 3.8) is 0 Å². The Kier molecular flexibility index (Phi) is 4.32. The van der Waals surface area contributed by atoms with Crippen LogP contribution in [0.15, 0.2) is 18.3 Å². The van der Waals surface area contributed by atoms with Gasteiger partial charge in [0, 0.05) is 25.2 Å². The van der Waals surface area contributed by atoms with E-state index in [1.165, 1.54) is 6.20 Å². The Morgan fingerprint density at radius 3 is 2.95 bits per heavy atom. The van der Waals surface area contributed by atoms with Gasteiger partial charge in [0.15, 0.2) is 0 Å². The van der Waals surface area contributed by atoms with Crippen LogP contribution in [0.25, 0.3) is 0 Å². The lowest BCUT2D eigenvalue weighted by Crippen LogP contribution is -2.36. The zero-order valence-corrected chi connectivity index (χ0v) is 12.5. The van der Waals surface area contributed by atoms with Crippen LogP contribution in [0.4, 0.5) is 4.79 Å². The van der Waals surface area contributed by atoms with E-state index in [9.17, 15) is 4.79 Å². The molecule has 1 fully saturated rings. The smallest absolute Gasteiger partial charge is 0.410 e. The van der Waals surface area contributed by atoms with E-state index in [1.807, 2.05) is 26.8 Å². The average Bonchev–Trinajstić information content (AvgIpc) is 2.85. The van der Waals surface area contributed by atoms with Crippen LogP contribution in [0.3, 0.4) is 0 Å². The first-order valence-electron chi connectivity index (χ1n) is 6.88. The van der Waals surface area contributed by atoms with Crippen molar-refractivity contribution in [2.75, 3.05) is 13.1 Å². The summed E-state index contributed by atoms with van der Waals surface area (Å²) in [7, 11) is 0. The van der Waals surface area contributed by atoms with Gasteiger partial charge in [-0.3, -0.25) is 0 Å². The zero-order chi connectivity index (χ0) is 15.5. The predicted molar refractivity (Wildman–Crippen MR) is 75.8 cm³/mol. The molecule has 6 nitrogen and oxygen atoms in total. The lowest BCUT2D eigenvalue weighted by atomic mass is 10.2. The van der Waals surface area contributed by atoms with Crippen LogP contribution in [-0.2, 0) is 4.74 Å². The van der Waals surface area contributed by atoms with Crippen LogP contribution in [-0.4, -0.2) is 40.8 Å². The number of nitriles is 1. The Bertz CT molecular complexity index is 560. The lowest BCUT2D eigenvalue weighted by Gasteiger charge is -2.24. The summed E-state index contributed by atoms with van der Waals surface area (Å²) in [6, 6.07) is 5.25.